The second kappa shape index (κ2) is 10.8. The number of ether oxygens (including phenoxy) is 2. The van der Waals surface area contributed by atoms with Crippen LogP contribution in [0.3, 0.4) is 0 Å². The van der Waals surface area contributed by atoms with Gasteiger partial charge in [0, 0.05) is 19.5 Å². The van der Waals surface area contributed by atoms with Crippen molar-refractivity contribution in [3.63, 3.8) is 0 Å². The maximum atomic E-state index is 13.0. The van der Waals surface area contributed by atoms with Crippen molar-refractivity contribution in [3.05, 3.63) is 65.7 Å². The summed E-state index contributed by atoms with van der Waals surface area (Å²) in [7, 11) is 1.61. The lowest BCUT2D eigenvalue weighted by Crippen LogP contribution is -2.51. The number of methoxy groups -OCH3 is 1. The van der Waals surface area contributed by atoms with Crippen LogP contribution in [0, 0.1) is 0 Å². The molecule has 1 aliphatic rings. The van der Waals surface area contributed by atoms with Crippen molar-refractivity contribution in [2.24, 2.45) is 0 Å². The Balaban J connectivity index is 1.61. The fourth-order valence-corrected chi connectivity index (χ4v) is 3.56. The standard InChI is InChI=1S/C24H30N2O4/c1-18(30-17-20-11-8-12-21(15-20)29-2)23(27)25-22(16-19-9-4-3-5-10-19)24(28)26-13-6-7-14-26/h3-5,8-12,15,18,22H,6-7,13-14,16-17H2,1-2H3,(H,25,27). The lowest BCUT2D eigenvalue weighted by atomic mass is 10.0. The van der Waals surface area contributed by atoms with Crippen LogP contribution in [0.5, 0.6) is 5.75 Å². The van der Waals surface area contributed by atoms with Crippen LogP contribution in [-0.4, -0.2) is 49.1 Å². The van der Waals surface area contributed by atoms with Gasteiger partial charge in [0.15, 0.2) is 0 Å². The zero-order chi connectivity index (χ0) is 21.3. The summed E-state index contributed by atoms with van der Waals surface area (Å²) >= 11 is 0. The second-order valence-electron chi connectivity index (χ2n) is 7.59. The monoisotopic (exact) mass is 410 g/mol. The fourth-order valence-electron chi connectivity index (χ4n) is 3.56. The van der Waals surface area contributed by atoms with Crippen LogP contribution in [0.25, 0.3) is 0 Å². The number of likely N-dealkylation sites (tertiary alicyclic amines) is 1. The normalized spacial score (nSPS) is 15.5. The van der Waals surface area contributed by atoms with Crippen molar-refractivity contribution in [1.29, 1.82) is 0 Å². The second-order valence-corrected chi connectivity index (χ2v) is 7.59. The van der Waals surface area contributed by atoms with Gasteiger partial charge < -0.3 is 19.7 Å². The molecular weight excluding hydrogens is 380 g/mol. The Hall–Kier alpha value is -2.86. The number of hydrogen-bond donors (Lipinski definition) is 1. The minimum Gasteiger partial charge on any atom is -0.497 e. The van der Waals surface area contributed by atoms with Crippen molar-refractivity contribution in [1.82, 2.24) is 10.2 Å². The molecule has 1 fully saturated rings. The Labute approximate surface area is 178 Å². The molecule has 2 aromatic rings. The van der Waals surface area contributed by atoms with Crippen LogP contribution in [0.4, 0.5) is 0 Å². The van der Waals surface area contributed by atoms with E-state index in [1.807, 2.05) is 59.5 Å². The van der Waals surface area contributed by atoms with E-state index >= 15 is 0 Å². The molecule has 0 radical (unpaired) electrons. The van der Waals surface area contributed by atoms with Gasteiger partial charge in [-0.2, -0.15) is 0 Å². The molecule has 1 saturated heterocycles. The van der Waals surface area contributed by atoms with E-state index in [0.29, 0.717) is 6.42 Å². The van der Waals surface area contributed by atoms with Gasteiger partial charge in [-0.15, -0.1) is 0 Å². The molecule has 6 heteroatoms. The van der Waals surface area contributed by atoms with Gasteiger partial charge in [0.25, 0.3) is 0 Å². The number of rotatable bonds is 9. The van der Waals surface area contributed by atoms with Crippen LogP contribution in [0.1, 0.15) is 30.9 Å². The van der Waals surface area contributed by atoms with Crippen molar-refractivity contribution in [2.75, 3.05) is 20.2 Å². The molecule has 1 aliphatic heterocycles. The highest BCUT2D eigenvalue weighted by molar-refractivity contribution is 5.89. The van der Waals surface area contributed by atoms with Gasteiger partial charge in [-0.1, -0.05) is 42.5 Å². The zero-order valence-electron chi connectivity index (χ0n) is 17.7. The SMILES string of the molecule is COc1cccc(COC(C)C(=O)NC(Cc2ccccc2)C(=O)N2CCCC2)c1. The highest BCUT2D eigenvalue weighted by atomic mass is 16.5. The summed E-state index contributed by atoms with van der Waals surface area (Å²) in [6.45, 7) is 3.49. The zero-order valence-corrected chi connectivity index (χ0v) is 17.7. The van der Waals surface area contributed by atoms with E-state index in [9.17, 15) is 9.59 Å². The number of carbonyl (C=O) groups is 2. The van der Waals surface area contributed by atoms with Crippen molar-refractivity contribution in [2.45, 2.75) is 44.9 Å². The molecule has 1 N–H and O–H groups in total. The van der Waals surface area contributed by atoms with E-state index in [4.69, 9.17) is 9.47 Å². The topological polar surface area (TPSA) is 67.9 Å². The van der Waals surface area contributed by atoms with Gasteiger partial charge in [-0.25, -0.2) is 0 Å². The Bertz CT molecular complexity index is 834. The Kier molecular flexibility index (Phi) is 7.85. The Morgan fingerprint density at radius 2 is 1.73 bits per heavy atom. The summed E-state index contributed by atoms with van der Waals surface area (Å²) in [4.78, 5) is 27.6. The first kappa shape index (κ1) is 21.8. The minimum atomic E-state index is -0.680. The summed E-state index contributed by atoms with van der Waals surface area (Å²) in [5.41, 5.74) is 1.93. The lowest BCUT2D eigenvalue weighted by Gasteiger charge is -2.25. The molecular formula is C24H30N2O4. The number of nitrogens with one attached hydrogen (secondary N) is 1. The van der Waals surface area contributed by atoms with E-state index < -0.39 is 12.1 Å². The molecule has 2 atom stereocenters. The van der Waals surface area contributed by atoms with Crippen molar-refractivity contribution < 1.29 is 19.1 Å². The van der Waals surface area contributed by atoms with E-state index in [0.717, 1.165) is 42.8 Å². The molecule has 160 valence electrons. The first-order chi connectivity index (χ1) is 14.6. The third-order valence-electron chi connectivity index (χ3n) is 5.32. The first-order valence-corrected chi connectivity index (χ1v) is 10.4. The van der Waals surface area contributed by atoms with Crippen LogP contribution in [-0.2, 0) is 27.4 Å². The smallest absolute Gasteiger partial charge is 0.249 e. The van der Waals surface area contributed by atoms with Crippen molar-refractivity contribution in [3.8, 4) is 5.75 Å². The summed E-state index contributed by atoms with van der Waals surface area (Å²) in [5.74, 6) is 0.434. The van der Waals surface area contributed by atoms with E-state index in [1.165, 1.54) is 0 Å². The van der Waals surface area contributed by atoms with Gasteiger partial charge in [-0.3, -0.25) is 9.59 Å². The highest BCUT2D eigenvalue weighted by Crippen LogP contribution is 2.15. The molecule has 2 amide bonds. The molecule has 6 nitrogen and oxygen atoms in total. The molecule has 2 unspecified atom stereocenters. The van der Waals surface area contributed by atoms with Gasteiger partial charge in [-0.05, 0) is 43.0 Å². The minimum absolute atomic E-state index is 0.0234. The highest BCUT2D eigenvalue weighted by Gasteiger charge is 2.29. The molecule has 0 spiro atoms. The van der Waals surface area contributed by atoms with E-state index in [-0.39, 0.29) is 18.4 Å². The van der Waals surface area contributed by atoms with E-state index in [1.54, 1.807) is 14.0 Å². The first-order valence-electron chi connectivity index (χ1n) is 10.4. The third-order valence-corrected chi connectivity index (χ3v) is 5.32. The number of carbonyl (C=O) groups excluding carboxylic acids is 2. The van der Waals surface area contributed by atoms with Gasteiger partial charge in [0.1, 0.15) is 17.9 Å². The quantitative estimate of drug-likeness (QED) is 0.690. The van der Waals surface area contributed by atoms with Crippen LogP contribution in [0.2, 0.25) is 0 Å². The van der Waals surface area contributed by atoms with Gasteiger partial charge in [0.05, 0.1) is 13.7 Å². The lowest BCUT2D eigenvalue weighted by molar-refractivity contribution is -0.139. The van der Waals surface area contributed by atoms with Crippen molar-refractivity contribution >= 4 is 11.8 Å². The summed E-state index contributed by atoms with van der Waals surface area (Å²) in [6, 6.07) is 16.7. The molecule has 0 aliphatic carbocycles. The molecule has 0 saturated carbocycles. The predicted molar refractivity (Wildman–Crippen MR) is 115 cm³/mol. The molecule has 3 rings (SSSR count). The average Bonchev–Trinajstić information content (AvgIpc) is 3.32. The van der Waals surface area contributed by atoms with Gasteiger partial charge in [0.2, 0.25) is 11.8 Å². The summed E-state index contributed by atoms with van der Waals surface area (Å²) in [5, 5.41) is 2.92. The third kappa shape index (κ3) is 6.07. The summed E-state index contributed by atoms with van der Waals surface area (Å²) in [6.07, 6.45) is 1.81. The van der Waals surface area contributed by atoms with Gasteiger partial charge >= 0.3 is 0 Å². The average molecular weight is 411 g/mol. The van der Waals surface area contributed by atoms with Crippen LogP contribution < -0.4 is 10.1 Å². The summed E-state index contributed by atoms with van der Waals surface area (Å²) < 4.78 is 11.0. The number of nitrogens with zero attached hydrogens (tertiary/aromatic N) is 1. The number of benzene rings is 2. The molecule has 30 heavy (non-hydrogen) atoms. The molecule has 1 heterocycles. The molecule has 0 aromatic heterocycles. The maximum Gasteiger partial charge on any atom is 0.249 e. The Morgan fingerprint density at radius 1 is 1.03 bits per heavy atom. The predicted octanol–water partition coefficient (Wildman–Crippen LogP) is 2.95. The van der Waals surface area contributed by atoms with E-state index in [2.05, 4.69) is 5.32 Å². The number of amides is 2. The Morgan fingerprint density at radius 3 is 2.43 bits per heavy atom. The number of hydrogen-bond acceptors (Lipinski definition) is 4. The van der Waals surface area contributed by atoms with Crippen LogP contribution in [0.15, 0.2) is 54.6 Å². The maximum absolute atomic E-state index is 13.0. The molecule has 0 bridgehead atoms. The molecule has 2 aromatic carbocycles. The van der Waals surface area contributed by atoms with Crippen LogP contribution >= 0.6 is 0 Å². The largest absolute Gasteiger partial charge is 0.497 e. The fraction of sp³-hybridized carbons (Fsp3) is 0.417.